The highest BCUT2D eigenvalue weighted by molar-refractivity contribution is 6.30. The van der Waals surface area contributed by atoms with Crippen molar-refractivity contribution in [3.05, 3.63) is 88.2 Å². The Labute approximate surface area is 203 Å². The van der Waals surface area contributed by atoms with E-state index < -0.39 is 5.91 Å². The normalized spacial score (nSPS) is 10.8. The number of nitrogens with one attached hydrogen (secondary N) is 1. The van der Waals surface area contributed by atoms with Crippen LogP contribution < -0.4 is 19.6 Å². The highest BCUT2D eigenvalue weighted by Crippen LogP contribution is 2.29. The van der Waals surface area contributed by atoms with E-state index >= 15 is 0 Å². The lowest BCUT2D eigenvalue weighted by Crippen LogP contribution is -2.18. The van der Waals surface area contributed by atoms with Crippen molar-refractivity contribution in [3.8, 4) is 17.2 Å². The molecule has 34 heavy (non-hydrogen) atoms. The summed E-state index contributed by atoms with van der Waals surface area (Å²) < 4.78 is 30.9. The SMILES string of the molecule is CCCOc1ccc(C(=O)N/N=C/c2cc(Cl)ccc2OCc2ccccc2F)cc1OCC. The zero-order valence-corrected chi connectivity index (χ0v) is 19.8. The summed E-state index contributed by atoms with van der Waals surface area (Å²) in [5.74, 6) is 0.749. The molecule has 0 aliphatic carbocycles. The van der Waals surface area contributed by atoms with Gasteiger partial charge in [0.25, 0.3) is 5.91 Å². The number of halogens is 2. The Morgan fingerprint density at radius 1 is 1.00 bits per heavy atom. The molecule has 1 amide bonds. The number of nitrogens with zero attached hydrogens (tertiary/aromatic N) is 1. The maximum atomic E-state index is 13.9. The molecule has 1 N–H and O–H groups in total. The molecule has 6 nitrogen and oxygen atoms in total. The number of carbonyl (C=O) groups is 1. The molecular formula is C26H26ClFN2O4. The monoisotopic (exact) mass is 484 g/mol. The molecule has 0 saturated heterocycles. The van der Waals surface area contributed by atoms with E-state index in [1.54, 1.807) is 54.6 Å². The van der Waals surface area contributed by atoms with Crippen LogP contribution in [0.2, 0.25) is 5.02 Å². The van der Waals surface area contributed by atoms with E-state index in [1.165, 1.54) is 12.3 Å². The molecule has 0 bridgehead atoms. The smallest absolute Gasteiger partial charge is 0.271 e. The number of hydrogen-bond donors (Lipinski definition) is 1. The molecule has 0 aromatic heterocycles. The molecule has 0 heterocycles. The Morgan fingerprint density at radius 2 is 1.79 bits per heavy atom. The molecule has 0 radical (unpaired) electrons. The first-order valence-corrected chi connectivity index (χ1v) is 11.3. The van der Waals surface area contributed by atoms with Gasteiger partial charge in [-0.1, -0.05) is 36.7 Å². The van der Waals surface area contributed by atoms with Gasteiger partial charge in [0.05, 0.1) is 19.4 Å². The molecular weight excluding hydrogens is 459 g/mol. The number of rotatable bonds is 11. The number of amides is 1. The van der Waals surface area contributed by atoms with E-state index in [-0.39, 0.29) is 12.4 Å². The van der Waals surface area contributed by atoms with Crippen LogP contribution >= 0.6 is 11.6 Å². The molecule has 0 fully saturated rings. The molecule has 0 spiro atoms. The fourth-order valence-electron chi connectivity index (χ4n) is 3.00. The first kappa shape index (κ1) is 25.1. The predicted octanol–water partition coefficient (Wildman–Crippen LogP) is 6.01. The van der Waals surface area contributed by atoms with Gasteiger partial charge in [0.15, 0.2) is 11.5 Å². The molecule has 0 unspecified atom stereocenters. The Hall–Kier alpha value is -3.58. The van der Waals surface area contributed by atoms with E-state index in [1.807, 2.05) is 13.8 Å². The summed E-state index contributed by atoms with van der Waals surface area (Å²) in [6, 6.07) is 16.3. The number of benzene rings is 3. The zero-order valence-electron chi connectivity index (χ0n) is 19.0. The maximum absolute atomic E-state index is 13.9. The summed E-state index contributed by atoms with van der Waals surface area (Å²) in [7, 11) is 0. The number of carbonyl (C=O) groups excluding carboxylic acids is 1. The molecule has 3 aromatic rings. The number of ether oxygens (including phenoxy) is 3. The first-order chi connectivity index (χ1) is 16.5. The van der Waals surface area contributed by atoms with Crippen molar-refractivity contribution >= 4 is 23.7 Å². The lowest BCUT2D eigenvalue weighted by atomic mass is 10.2. The quantitative estimate of drug-likeness (QED) is 0.267. The van der Waals surface area contributed by atoms with Gasteiger partial charge in [0.2, 0.25) is 0 Å². The summed E-state index contributed by atoms with van der Waals surface area (Å²) in [5.41, 5.74) is 3.80. The first-order valence-electron chi connectivity index (χ1n) is 10.9. The summed E-state index contributed by atoms with van der Waals surface area (Å²) in [4.78, 5) is 12.6. The third kappa shape index (κ3) is 6.96. The van der Waals surface area contributed by atoms with Crippen LogP contribution in [0.25, 0.3) is 0 Å². The Kier molecular flexibility index (Phi) is 9.29. The van der Waals surface area contributed by atoms with Crippen molar-refractivity contribution < 1.29 is 23.4 Å². The Bertz CT molecular complexity index is 1150. The third-order valence-electron chi connectivity index (χ3n) is 4.65. The fraction of sp³-hybridized carbons (Fsp3) is 0.231. The average molecular weight is 485 g/mol. The molecule has 0 saturated carbocycles. The van der Waals surface area contributed by atoms with Gasteiger partial charge >= 0.3 is 0 Å². The van der Waals surface area contributed by atoms with Crippen LogP contribution in [0.15, 0.2) is 65.8 Å². The number of hydrogen-bond acceptors (Lipinski definition) is 5. The van der Waals surface area contributed by atoms with Gasteiger partial charge in [-0.15, -0.1) is 0 Å². The topological polar surface area (TPSA) is 69.2 Å². The summed E-state index contributed by atoms with van der Waals surface area (Å²) in [6.07, 6.45) is 2.28. The molecule has 8 heteroatoms. The van der Waals surface area contributed by atoms with Gasteiger partial charge in [-0.2, -0.15) is 5.10 Å². The largest absolute Gasteiger partial charge is 0.490 e. The minimum absolute atomic E-state index is 0.0359. The van der Waals surface area contributed by atoms with Crippen LogP contribution in [-0.2, 0) is 6.61 Å². The van der Waals surface area contributed by atoms with Crippen molar-refractivity contribution in [1.82, 2.24) is 5.43 Å². The Balaban J connectivity index is 1.70. The lowest BCUT2D eigenvalue weighted by molar-refractivity contribution is 0.0954. The second kappa shape index (κ2) is 12.6. The molecule has 0 atom stereocenters. The van der Waals surface area contributed by atoms with E-state index in [9.17, 15) is 9.18 Å². The van der Waals surface area contributed by atoms with Gasteiger partial charge in [-0.3, -0.25) is 4.79 Å². The van der Waals surface area contributed by atoms with Crippen molar-refractivity contribution in [2.45, 2.75) is 26.9 Å². The molecule has 0 aliphatic heterocycles. The standard InChI is InChI=1S/C26H26ClFN2O4/c1-3-13-33-24-11-9-18(15-25(24)32-4-2)26(31)30-29-16-20-14-21(27)10-12-23(20)34-17-19-7-5-6-8-22(19)28/h5-12,14-16H,3-4,13,17H2,1-2H3,(H,30,31)/b29-16+. The highest BCUT2D eigenvalue weighted by Gasteiger charge is 2.12. The minimum atomic E-state index is -0.421. The van der Waals surface area contributed by atoms with Crippen molar-refractivity contribution in [3.63, 3.8) is 0 Å². The average Bonchev–Trinajstić information content (AvgIpc) is 2.83. The van der Waals surface area contributed by atoms with Gasteiger partial charge in [-0.05, 0) is 55.8 Å². The van der Waals surface area contributed by atoms with Gasteiger partial charge in [0, 0.05) is 21.7 Å². The van der Waals surface area contributed by atoms with Crippen LogP contribution in [0.5, 0.6) is 17.2 Å². The van der Waals surface area contributed by atoms with Crippen LogP contribution in [0.1, 0.15) is 41.8 Å². The third-order valence-corrected chi connectivity index (χ3v) is 4.89. The van der Waals surface area contributed by atoms with Crippen LogP contribution in [0.3, 0.4) is 0 Å². The highest BCUT2D eigenvalue weighted by atomic mass is 35.5. The Morgan fingerprint density at radius 3 is 2.56 bits per heavy atom. The summed E-state index contributed by atoms with van der Waals surface area (Å²) >= 11 is 6.10. The second-order valence-corrected chi connectivity index (χ2v) is 7.64. The lowest BCUT2D eigenvalue weighted by Gasteiger charge is -2.12. The molecule has 178 valence electrons. The number of hydrazone groups is 1. The minimum Gasteiger partial charge on any atom is -0.490 e. The summed E-state index contributed by atoms with van der Waals surface area (Å²) in [5, 5.41) is 4.50. The maximum Gasteiger partial charge on any atom is 0.271 e. The summed E-state index contributed by atoms with van der Waals surface area (Å²) in [6.45, 7) is 4.90. The van der Waals surface area contributed by atoms with Gasteiger partial charge in [-0.25, -0.2) is 9.82 Å². The van der Waals surface area contributed by atoms with Gasteiger partial charge < -0.3 is 14.2 Å². The molecule has 3 rings (SSSR count). The van der Waals surface area contributed by atoms with Crippen LogP contribution in [0, 0.1) is 5.82 Å². The fourth-order valence-corrected chi connectivity index (χ4v) is 3.18. The van der Waals surface area contributed by atoms with Gasteiger partial charge in [0.1, 0.15) is 18.2 Å². The van der Waals surface area contributed by atoms with Crippen LogP contribution in [-0.4, -0.2) is 25.3 Å². The molecule has 3 aromatic carbocycles. The van der Waals surface area contributed by atoms with E-state index in [4.69, 9.17) is 25.8 Å². The van der Waals surface area contributed by atoms with Crippen molar-refractivity contribution in [2.75, 3.05) is 13.2 Å². The van der Waals surface area contributed by atoms with Crippen LogP contribution in [0.4, 0.5) is 4.39 Å². The van der Waals surface area contributed by atoms with E-state index in [2.05, 4.69) is 10.5 Å². The van der Waals surface area contributed by atoms with Crippen molar-refractivity contribution in [2.24, 2.45) is 5.10 Å². The molecule has 0 aliphatic rings. The zero-order chi connectivity index (χ0) is 24.3. The van der Waals surface area contributed by atoms with Crippen molar-refractivity contribution in [1.29, 1.82) is 0 Å². The second-order valence-electron chi connectivity index (χ2n) is 7.20. The van der Waals surface area contributed by atoms with E-state index in [0.29, 0.717) is 52.2 Å². The van der Waals surface area contributed by atoms with E-state index in [0.717, 1.165) is 6.42 Å². The predicted molar refractivity (Wildman–Crippen MR) is 131 cm³/mol.